The number of rotatable bonds is 10. The van der Waals surface area contributed by atoms with Gasteiger partial charge < -0.3 is 19.5 Å². The average Bonchev–Trinajstić information content (AvgIpc) is 3.03. The van der Waals surface area contributed by atoms with Gasteiger partial charge in [0.25, 0.3) is 5.56 Å². The summed E-state index contributed by atoms with van der Waals surface area (Å²) in [5.41, 5.74) is -6.37. The Bertz CT molecular complexity index is 2060. The van der Waals surface area contributed by atoms with Gasteiger partial charge in [0.2, 0.25) is 0 Å². The van der Waals surface area contributed by atoms with Crippen LogP contribution in [0.5, 0.6) is 11.5 Å². The second-order valence-electron chi connectivity index (χ2n) is 12.0. The van der Waals surface area contributed by atoms with Crippen LogP contribution in [-0.2, 0) is 24.0 Å². The van der Waals surface area contributed by atoms with Crippen LogP contribution in [0.15, 0.2) is 70.3 Å². The van der Waals surface area contributed by atoms with Crippen molar-refractivity contribution in [1.29, 1.82) is 5.26 Å². The standard InChI is InChI=1S/C35H33F5N4O6/c1-20-29(22-11-8-15-28(48-5)30(22)37)31(45)44(33(47)43(20)18-23-24(35(38,39)40)12-9-13-25(23)36)19-26(42-32(46)50-34(2,3)4)21-10-6-7-14-27(21)49-17-16-41/h6-15,26H,17-19H2,1-5H3,(H,42,46). The minimum atomic E-state index is -5.01. The molecule has 1 unspecified atom stereocenters. The normalized spacial score (nSPS) is 12.2. The lowest BCUT2D eigenvalue weighted by molar-refractivity contribution is -0.138. The van der Waals surface area contributed by atoms with E-state index in [0.29, 0.717) is 10.6 Å². The van der Waals surface area contributed by atoms with Crippen LogP contribution in [0, 0.1) is 29.9 Å². The predicted octanol–water partition coefficient (Wildman–Crippen LogP) is 6.51. The summed E-state index contributed by atoms with van der Waals surface area (Å²) < 4.78 is 90.2. The minimum Gasteiger partial charge on any atom is -0.494 e. The molecule has 0 bridgehead atoms. The van der Waals surface area contributed by atoms with Crippen LogP contribution in [-0.4, -0.2) is 34.5 Å². The van der Waals surface area contributed by atoms with Crippen LogP contribution in [0.3, 0.4) is 0 Å². The number of alkyl halides is 3. The van der Waals surface area contributed by atoms with Gasteiger partial charge in [0.05, 0.1) is 37.4 Å². The van der Waals surface area contributed by atoms with Crippen LogP contribution in [0.4, 0.5) is 26.7 Å². The number of aromatic nitrogens is 2. The fourth-order valence-corrected chi connectivity index (χ4v) is 5.33. The minimum absolute atomic E-state index is 0.0934. The zero-order chi connectivity index (χ0) is 37.0. The number of hydrogen-bond donors (Lipinski definition) is 1. The largest absolute Gasteiger partial charge is 0.494 e. The molecule has 3 aromatic carbocycles. The Morgan fingerprint density at radius 3 is 2.26 bits per heavy atom. The molecule has 1 aromatic heterocycles. The molecule has 1 heterocycles. The lowest BCUT2D eigenvalue weighted by atomic mass is 10.0. The Kier molecular flexibility index (Phi) is 11.0. The lowest BCUT2D eigenvalue weighted by Crippen LogP contribution is -2.46. The number of carbonyl (C=O) groups is 1. The summed E-state index contributed by atoms with van der Waals surface area (Å²) in [4.78, 5) is 41.5. The number of nitriles is 1. The molecule has 264 valence electrons. The number of ether oxygens (including phenoxy) is 3. The van der Waals surface area contributed by atoms with Crippen LogP contribution >= 0.6 is 0 Å². The summed E-state index contributed by atoms with van der Waals surface area (Å²) in [7, 11) is 1.18. The van der Waals surface area contributed by atoms with Gasteiger partial charge in [0.1, 0.15) is 23.2 Å². The molecule has 1 atom stereocenters. The van der Waals surface area contributed by atoms with E-state index in [0.717, 1.165) is 16.7 Å². The zero-order valence-corrected chi connectivity index (χ0v) is 27.7. The Balaban J connectivity index is 2.03. The van der Waals surface area contributed by atoms with E-state index in [9.17, 15) is 27.6 Å². The first-order valence-electron chi connectivity index (χ1n) is 15.1. The molecule has 0 aliphatic rings. The molecule has 0 saturated heterocycles. The Labute approximate surface area is 283 Å². The second-order valence-corrected chi connectivity index (χ2v) is 12.0. The molecule has 0 fully saturated rings. The summed E-state index contributed by atoms with van der Waals surface area (Å²) in [6.07, 6.45) is -5.99. The first kappa shape index (κ1) is 37.2. The molecule has 0 aliphatic carbocycles. The molecule has 10 nitrogen and oxygen atoms in total. The van der Waals surface area contributed by atoms with Crippen LogP contribution in [0.25, 0.3) is 11.1 Å². The maximum Gasteiger partial charge on any atom is 0.416 e. The van der Waals surface area contributed by atoms with Crippen LogP contribution in [0.1, 0.15) is 49.2 Å². The van der Waals surface area contributed by atoms with E-state index >= 15 is 8.78 Å². The van der Waals surface area contributed by atoms with Crippen molar-refractivity contribution >= 4 is 6.09 Å². The molecule has 0 saturated carbocycles. The van der Waals surface area contributed by atoms with Crippen molar-refractivity contribution in [3.05, 3.63) is 116 Å². The van der Waals surface area contributed by atoms with E-state index in [4.69, 9.17) is 19.5 Å². The van der Waals surface area contributed by atoms with Crippen molar-refractivity contribution in [2.75, 3.05) is 13.7 Å². The smallest absolute Gasteiger partial charge is 0.416 e. The fourth-order valence-electron chi connectivity index (χ4n) is 5.33. The molecule has 0 spiro atoms. The van der Waals surface area contributed by atoms with Gasteiger partial charge >= 0.3 is 18.0 Å². The number of halogens is 5. The lowest BCUT2D eigenvalue weighted by Gasteiger charge is -2.26. The molecular formula is C35H33F5N4O6. The van der Waals surface area contributed by atoms with Crippen molar-refractivity contribution in [1.82, 2.24) is 14.5 Å². The van der Waals surface area contributed by atoms with Gasteiger partial charge in [-0.1, -0.05) is 36.4 Å². The molecule has 50 heavy (non-hydrogen) atoms. The van der Waals surface area contributed by atoms with Crippen molar-refractivity contribution in [3.63, 3.8) is 0 Å². The van der Waals surface area contributed by atoms with Crippen LogP contribution < -0.4 is 26.0 Å². The third-order valence-corrected chi connectivity index (χ3v) is 7.52. The zero-order valence-electron chi connectivity index (χ0n) is 27.7. The monoisotopic (exact) mass is 700 g/mol. The van der Waals surface area contributed by atoms with E-state index in [2.05, 4.69) is 5.32 Å². The summed E-state index contributed by atoms with van der Waals surface area (Å²) in [5, 5.41) is 11.7. The SMILES string of the molecule is COc1cccc(-c2c(C)n(Cc3c(F)cccc3C(F)(F)F)c(=O)n(CC(NC(=O)OC(C)(C)C)c3ccccc3OCC#N)c2=O)c1F. The number of para-hydroxylation sites is 1. The summed E-state index contributed by atoms with van der Waals surface area (Å²) in [5.74, 6) is -2.46. The molecule has 1 amide bonds. The number of benzene rings is 3. The van der Waals surface area contributed by atoms with Crippen molar-refractivity contribution < 1.29 is 41.0 Å². The van der Waals surface area contributed by atoms with Crippen molar-refractivity contribution in [2.24, 2.45) is 0 Å². The highest BCUT2D eigenvalue weighted by Crippen LogP contribution is 2.34. The average molecular weight is 701 g/mol. The van der Waals surface area contributed by atoms with E-state index in [1.165, 1.54) is 44.4 Å². The van der Waals surface area contributed by atoms with Gasteiger partial charge in [-0.15, -0.1) is 0 Å². The van der Waals surface area contributed by atoms with E-state index in [1.54, 1.807) is 32.9 Å². The first-order chi connectivity index (χ1) is 23.5. The summed E-state index contributed by atoms with van der Waals surface area (Å²) >= 11 is 0. The number of hydrogen-bond acceptors (Lipinski definition) is 7. The molecule has 1 N–H and O–H groups in total. The molecule has 4 rings (SSSR count). The predicted molar refractivity (Wildman–Crippen MR) is 172 cm³/mol. The summed E-state index contributed by atoms with van der Waals surface area (Å²) in [6.45, 7) is 3.92. The fraction of sp³-hybridized carbons (Fsp3) is 0.314. The van der Waals surface area contributed by atoms with Gasteiger partial charge in [0.15, 0.2) is 18.2 Å². The van der Waals surface area contributed by atoms with Crippen LogP contribution in [0.2, 0.25) is 0 Å². The quantitative estimate of drug-likeness (QED) is 0.187. The number of nitrogens with one attached hydrogen (secondary N) is 1. The van der Waals surface area contributed by atoms with Gasteiger partial charge in [-0.25, -0.2) is 18.4 Å². The Morgan fingerprint density at radius 1 is 0.960 bits per heavy atom. The van der Waals surface area contributed by atoms with E-state index in [-0.39, 0.29) is 28.3 Å². The van der Waals surface area contributed by atoms with Crippen molar-refractivity contribution in [3.8, 4) is 28.7 Å². The highest BCUT2D eigenvalue weighted by molar-refractivity contribution is 5.69. The topological polar surface area (TPSA) is 125 Å². The molecule has 15 heteroatoms. The molecule has 0 radical (unpaired) electrons. The summed E-state index contributed by atoms with van der Waals surface area (Å²) in [6, 6.07) is 12.8. The maximum absolute atomic E-state index is 15.7. The van der Waals surface area contributed by atoms with Crippen molar-refractivity contribution in [2.45, 2.75) is 58.6 Å². The maximum atomic E-state index is 15.7. The molecular weight excluding hydrogens is 667 g/mol. The number of alkyl carbamates (subject to hydrolysis) is 1. The number of nitrogens with zero attached hydrogens (tertiary/aromatic N) is 3. The molecule has 0 aliphatic heterocycles. The first-order valence-corrected chi connectivity index (χ1v) is 15.1. The van der Waals surface area contributed by atoms with Gasteiger partial charge in [-0.3, -0.25) is 13.9 Å². The third kappa shape index (κ3) is 8.13. The number of carbonyl (C=O) groups excluding carboxylic acids is 1. The molecule has 4 aromatic rings. The Morgan fingerprint density at radius 2 is 1.62 bits per heavy atom. The number of amides is 1. The Hall–Kier alpha value is -5.65. The number of methoxy groups -OCH3 is 1. The second kappa shape index (κ2) is 14.9. The highest BCUT2D eigenvalue weighted by atomic mass is 19.4. The van der Waals surface area contributed by atoms with E-state index in [1.807, 2.05) is 6.07 Å². The third-order valence-electron chi connectivity index (χ3n) is 7.52. The van der Waals surface area contributed by atoms with E-state index < -0.39 is 83.2 Å². The van der Waals surface area contributed by atoms with Gasteiger partial charge in [-0.05, 0) is 52.0 Å². The highest BCUT2D eigenvalue weighted by Gasteiger charge is 2.35. The van der Waals surface area contributed by atoms with Gasteiger partial charge in [-0.2, -0.15) is 18.4 Å². The van der Waals surface area contributed by atoms with Gasteiger partial charge in [0, 0.05) is 22.4 Å².